The SMILES string of the molecule is Cc1cc(CNC(=O)C23CCC(NC(=O)C(C)(O)C(F)(F)F)(CC2)CC3)nn1C. The lowest BCUT2D eigenvalue weighted by atomic mass is 9.56. The zero-order valence-electron chi connectivity index (χ0n) is 16.8. The van der Waals surface area contributed by atoms with E-state index in [0.717, 1.165) is 11.4 Å². The Kier molecular flexibility index (Phi) is 5.21. The van der Waals surface area contributed by atoms with Gasteiger partial charge in [-0.1, -0.05) is 0 Å². The van der Waals surface area contributed by atoms with Gasteiger partial charge in [0.15, 0.2) is 0 Å². The first-order chi connectivity index (χ1) is 13.3. The molecular formula is C19H27F3N4O3. The second-order valence-electron chi connectivity index (χ2n) is 8.67. The van der Waals surface area contributed by atoms with Gasteiger partial charge in [0, 0.05) is 23.7 Å². The molecule has 2 bridgehead atoms. The number of hydrogen-bond acceptors (Lipinski definition) is 4. The van der Waals surface area contributed by atoms with Gasteiger partial charge in [0.1, 0.15) is 0 Å². The van der Waals surface area contributed by atoms with E-state index in [0.29, 0.717) is 52.0 Å². The van der Waals surface area contributed by atoms with E-state index in [4.69, 9.17) is 0 Å². The van der Waals surface area contributed by atoms with E-state index in [9.17, 15) is 27.9 Å². The molecule has 3 saturated carbocycles. The van der Waals surface area contributed by atoms with E-state index < -0.39 is 28.6 Å². The molecular weight excluding hydrogens is 389 g/mol. The minimum atomic E-state index is -5.05. The van der Waals surface area contributed by atoms with Gasteiger partial charge in [0.05, 0.1) is 12.2 Å². The van der Waals surface area contributed by atoms with E-state index in [1.165, 1.54) is 0 Å². The first-order valence-electron chi connectivity index (χ1n) is 9.70. The number of aromatic nitrogens is 2. The molecule has 0 spiro atoms. The summed E-state index contributed by atoms with van der Waals surface area (Å²) in [5.41, 5.74) is -3.06. The smallest absolute Gasteiger partial charge is 0.373 e. The third kappa shape index (κ3) is 3.86. The molecule has 29 heavy (non-hydrogen) atoms. The van der Waals surface area contributed by atoms with Gasteiger partial charge in [0.25, 0.3) is 5.91 Å². The van der Waals surface area contributed by atoms with E-state index >= 15 is 0 Å². The largest absolute Gasteiger partial charge is 0.426 e. The molecule has 3 N–H and O–H groups in total. The van der Waals surface area contributed by atoms with Gasteiger partial charge in [-0.2, -0.15) is 18.3 Å². The summed E-state index contributed by atoms with van der Waals surface area (Å²) in [5.74, 6) is -1.52. The molecule has 3 fully saturated rings. The number of amides is 2. The summed E-state index contributed by atoms with van der Waals surface area (Å²) >= 11 is 0. The summed E-state index contributed by atoms with van der Waals surface area (Å²) in [4.78, 5) is 24.9. The first-order valence-corrected chi connectivity index (χ1v) is 9.70. The van der Waals surface area contributed by atoms with E-state index in [-0.39, 0.29) is 5.91 Å². The van der Waals surface area contributed by atoms with E-state index in [1.807, 2.05) is 20.0 Å². The van der Waals surface area contributed by atoms with Crippen molar-refractivity contribution < 1.29 is 27.9 Å². The van der Waals surface area contributed by atoms with Gasteiger partial charge in [-0.05, 0) is 58.4 Å². The number of rotatable bonds is 5. The Hall–Kier alpha value is -2.10. The van der Waals surface area contributed by atoms with Crippen LogP contribution in [0.3, 0.4) is 0 Å². The van der Waals surface area contributed by atoms with Crippen molar-refractivity contribution in [2.45, 2.75) is 76.2 Å². The number of carbonyl (C=O) groups excluding carboxylic acids is 2. The van der Waals surface area contributed by atoms with Crippen molar-refractivity contribution in [1.82, 2.24) is 20.4 Å². The summed E-state index contributed by atoms with van der Waals surface area (Å²) < 4.78 is 40.5. The number of nitrogens with zero attached hydrogens (tertiary/aromatic N) is 2. The Morgan fingerprint density at radius 1 is 1.21 bits per heavy atom. The quantitative estimate of drug-likeness (QED) is 0.683. The molecule has 3 aliphatic rings. The second-order valence-corrected chi connectivity index (χ2v) is 8.67. The minimum Gasteiger partial charge on any atom is -0.373 e. The number of aryl methyl sites for hydroxylation is 2. The van der Waals surface area contributed by atoms with Gasteiger partial charge < -0.3 is 15.7 Å². The van der Waals surface area contributed by atoms with Crippen LogP contribution in [0.1, 0.15) is 56.8 Å². The average molecular weight is 416 g/mol. The highest BCUT2D eigenvalue weighted by Gasteiger charge is 2.59. The predicted molar refractivity (Wildman–Crippen MR) is 97.5 cm³/mol. The molecule has 3 aliphatic carbocycles. The zero-order chi connectivity index (χ0) is 21.7. The van der Waals surface area contributed by atoms with E-state index in [1.54, 1.807) is 4.68 Å². The van der Waals surface area contributed by atoms with Crippen LogP contribution < -0.4 is 10.6 Å². The third-order valence-corrected chi connectivity index (χ3v) is 6.70. The monoisotopic (exact) mass is 416 g/mol. The highest BCUT2D eigenvalue weighted by atomic mass is 19.4. The Labute approximate surface area is 167 Å². The lowest BCUT2D eigenvalue weighted by molar-refractivity contribution is -0.246. The van der Waals surface area contributed by atoms with Crippen LogP contribution in [0.25, 0.3) is 0 Å². The summed E-state index contributed by atoms with van der Waals surface area (Å²) in [6, 6.07) is 1.90. The van der Waals surface area contributed by atoms with Crippen molar-refractivity contribution in [3.05, 3.63) is 17.5 Å². The number of aliphatic hydroxyl groups is 1. The maximum atomic E-state index is 12.9. The summed E-state index contributed by atoms with van der Waals surface area (Å²) in [5, 5.41) is 19.3. The molecule has 0 saturated heterocycles. The molecule has 0 aromatic carbocycles. The number of alkyl halides is 3. The molecule has 0 radical (unpaired) electrons. The molecule has 4 rings (SSSR count). The number of hydrogen-bond donors (Lipinski definition) is 3. The third-order valence-electron chi connectivity index (χ3n) is 6.70. The zero-order valence-corrected chi connectivity index (χ0v) is 16.8. The van der Waals surface area contributed by atoms with Crippen LogP contribution in [0.5, 0.6) is 0 Å². The Morgan fingerprint density at radius 2 is 1.76 bits per heavy atom. The first kappa shape index (κ1) is 21.6. The number of halogens is 3. The van der Waals surface area contributed by atoms with Gasteiger partial charge in [-0.15, -0.1) is 0 Å². The minimum absolute atomic E-state index is 0.0808. The van der Waals surface area contributed by atoms with Crippen LogP contribution in [0.2, 0.25) is 0 Å². The van der Waals surface area contributed by atoms with Crippen LogP contribution >= 0.6 is 0 Å². The van der Waals surface area contributed by atoms with Crippen LogP contribution in [0.15, 0.2) is 6.07 Å². The lowest BCUT2D eigenvalue weighted by Crippen LogP contribution is -2.64. The van der Waals surface area contributed by atoms with Crippen LogP contribution in [0.4, 0.5) is 13.2 Å². The van der Waals surface area contributed by atoms with Crippen molar-refractivity contribution in [2.24, 2.45) is 12.5 Å². The molecule has 7 nitrogen and oxygen atoms in total. The number of carbonyl (C=O) groups is 2. The lowest BCUT2D eigenvalue weighted by Gasteiger charge is -2.53. The maximum Gasteiger partial charge on any atom is 0.426 e. The van der Waals surface area contributed by atoms with Crippen molar-refractivity contribution in [2.75, 3.05) is 0 Å². The highest BCUT2D eigenvalue weighted by Crippen LogP contribution is 2.52. The van der Waals surface area contributed by atoms with E-state index in [2.05, 4.69) is 15.7 Å². The van der Waals surface area contributed by atoms with Gasteiger partial charge >= 0.3 is 6.18 Å². The predicted octanol–water partition coefficient (Wildman–Crippen LogP) is 1.87. The molecule has 1 atom stereocenters. The fraction of sp³-hybridized carbons (Fsp3) is 0.737. The summed E-state index contributed by atoms with van der Waals surface area (Å²) in [7, 11) is 1.83. The molecule has 1 heterocycles. The standard InChI is InChI=1S/C19H27F3N4O3/c1-12-10-13(25-26(12)3)11-23-15(28)17-4-7-18(8-5-17,9-6-17)24-14(27)16(2,29)19(20,21)22/h10,29H,4-9,11H2,1-3H3,(H,23,28)(H,24,27). The van der Waals surface area contributed by atoms with Crippen LogP contribution in [0, 0.1) is 12.3 Å². The Bertz CT molecular complexity index is 772. The molecule has 1 unspecified atom stereocenters. The maximum absolute atomic E-state index is 12.9. The summed E-state index contributed by atoms with van der Waals surface area (Å²) in [6.07, 6.45) is -2.39. The van der Waals surface area contributed by atoms with Gasteiger partial charge in [-0.25, -0.2) is 0 Å². The van der Waals surface area contributed by atoms with Crippen molar-refractivity contribution >= 4 is 11.8 Å². The second kappa shape index (κ2) is 7.00. The molecule has 2 amide bonds. The molecule has 0 aliphatic heterocycles. The Morgan fingerprint density at radius 3 is 2.21 bits per heavy atom. The fourth-order valence-electron chi connectivity index (χ4n) is 4.28. The molecule has 162 valence electrons. The number of nitrogens with one attached hydrogen (secondary N) is 2. The average Bonchev–Trinajstić information content (AvgIpc) is 2.97. The summed E-state index contributed by atoms with van der Waals surface area (Å²) in [6.45, 7) is 2.70. The van der Waals surface area contributed by atoms with Crippen LogP contribution in [-0.2, 0) is 23.2 Å². The topological polar surface area (TPSA) is 96.2 Å². The van der Waals surface area contributed by atoms with Gasteiger partial charge in [0.2, 0.25) is 11.5 Å². The van der Waals surface area contributed by atoms with Crippen LogP contribution in [-0.4, -0.2) is 44.0 Å². The van der Waals surface area contributed by atoms with Crippen molar-refractivity contribution in [1.29, 1.82) is 0 Å². The van der Waals surface area contributed by atoms with Gasteiger partial charge in [-0.3, -0.25) is 14.3 Å². The van der Waals surface area contributed by atoms with Crippen molar-refractivity contribution in [3.63, 3.8) is 0 Å². The number of fused-ring (bicyclic) bond motifs is 3. The Balaban J connectivity index is 1.60. The normalized spacial score (nSPS) is 28.7. The van der Waals surface area contributed by atoms with Crippen molar-refractivity contribution in [3.8, 4) is 0 Å². The molecule has 10 heteroatoms. The highest BCUT2D eigenvalue weighted by molar-refractivity contribution is 5.87. The fourth-order valence-corrected chi connectivity index (χ4v) is 4.28. The molecule has 1 aromatic rings. The molecule has 1 aromatic heterocycles.